The molecule has 1 atom stereocenters. The molecule has 0 fully saturated rings. The quantitative estimate of drug-likeness (QED) is 0.654. The van der Waals surface area contributed by atoms with Crippen molar-refractivity contribution in [2.45, 2.75) is 44.7 Å². The van der Waals surface area contributed by atoms with E-state index in [-0.39, 0.29) is 22.9 Å². The lowest BCUT2D eigenvalue weighted by molar-refractivity contribution is -0.141. The van der Waals surface area contributed by atoms with Gasteiger partial charge in [-0.15, -0.1) is 0 Å². The number of likely N-dealkylation sites (N-methyl/N-ethyl adjacent to an activating group) is 1. The number of nitrogens with one attached hydrogen (secondary N) is 1. The molecule has 1 aliphatic rings. The zero-order valence-corrected chi connectivity index (χ0v) is 19.2. The third-order valence-electron chi connectivity index (χ3n) is 5.40. The van der Waals surface area contributed by atoms with Crippen LogP contribution < -0.4 is 5.32 Å². The van der Waals surface area contributed by atoms with Crippen LogP contribution in [0.15, 0.2) is 53.4 Å². The van der Waals surface area contributed by atoms with Crippen molar-refractivity contribution in [2.75, 3.05) is 13.1 Å². The van der Waals surface area contributed by atoms with Crippen molar-refractivity contribution in [3.05, 3.63) is 65.2 Å². The molecule has 32 heavy (non-hydrogen) atoms. The summed E-state index contributed by atoms with van der Waals surface area (Å²) >= 11 is 0. The number of hydrogen-bond donors (Lipinski definition) is 1. The van der Waals surface area contributed by atoms with Crippen LogP contribution in [-0.4, -0.2) is 54.5 Å². The first-order valence-corrected chi connectivity index (χ1v) is 11.9. The van der Waals surface area contributed by atoms with E-state index in [4.69, 9.17) is 0 Å². The Hall–Kier alpha value is -3.20. The Kier molecular flexibility index (Phi) is 6.98. The van der Waals surface area contributed by atoms with E-state index >= 15 is 0 Å². The number of sulfonamides is 1. The number of carbonyl (C=O) groups excluding carboxylic acids is 3. The number of fused-ring (bicyclic) bond motifs is 1. The second-order valence-corrected chi connectivity index (χ2v) is 9.47. The molecule has 0 aromatic heterocycles. The van der Waals surface area contributed by atoms with E-state index in [9.17, 15) is 22.8 Å². The van der Waals surface area contributed by atoms with Crippen LogP contribution in [0.25, 0.3) is 0 Å². The molecule has 8 nitrogen and oxygen atoms in total. The van der Waals surface area contributed by atoms with Crippen molar-refractivity contribution in [1.82, 2.24) is 14.5 Å². The van der Waals surface area contributed by atoms with Crippen molar-refractivity contribution in [3.63, 3.8) is 0 Å². The fraction of sp³-hybridized carbons (Fsp3) is 0.348. The van der Waals surface area contributed by atoms with Crippen LogP contribution >= 0.6 is 0 Å². The molecule has 3 rings (SSSR count). The van der Waals surface area contributed by atoms with Gasteiger partial charge in [0.05, 0.1) is 5.56 Å². The second-order valence-electron chi connectivity index (χ2n) is 7.64. The first kappa shape index (κ1) is 23.5. The van der Waals surface area contributed by atoms with Gasteiger partial charge in [-0.1, -0.05) is 48.9 Å². The smallest absolute Gasteiger partial charge is 0.269 e. The Balaban J connectivity index is 1.92. The lowest BCUT2D eigenvalue weighted by atomic mass is 10.1. The summed E-state index contributed by atoms with van der Waals surface area (Å²) in [6, 6.07) is 12.6. The van der Waals surface area contributed by atoms with E-state index in [1.165, 1.54) is 23.1 Å². The van der Waals surface area contributed by atoms with Crippen molar-refractivity contribution in [2.24, 2.45) is 0 Å². The van der Waals surface area contributed by atoms with Crippen LogP contribution in [0, 0.1) is 6.92 Å². The first-order chi connectivity index (χ1) is 15.2. The molecule has 9 heteroatoms. The highest BCUT2D eigenvalue weighted by molar-refractivity contribution is 7.90. The molecule has 0 unspecified atom stereocenters. The van der Waals surface area contributed by atoms with E-state index < -0.39 is 34.4 Å². The number of nitrogens with zero attached hydrogens (tertiary/aromatic N) is 2. The summed E-state index contributed by atoms with van der Waals surface area (Å²) in [5.41, 5.74) is 1.89. The highest BCUT2D eigenvalue weighted by Gasteiger charge is 2.43. The van der Waals surface area contributed by atoms with Gasteiger partial charge in [0.15, 0.2) is 0 Å². The zero-order chi connectivity index (χ0) is 23.5. The summed E-state index contributed by atoms with van der Waals surface area (Å²) in [7, 11) is -4.13. The number of rotatable bonds is 8. The van der Waals surface area contributed by atoms with Gasteiger partial charge in [0.25, 0.3) is 15.9 Å². The molecule has 2 aromatic carbocycles. The molecule has 0 aliphatic carbocycles. The monoisotopic (exact) mass is 457 g/mol. The Morgan fingerprint density at radius 1 is 1.06 bits per heavy atom. The molecule has 1 aliphatic heterocycles. The topological polar surface area (TPSA) is 104 Å². The van der Waals surface area contributed by atoms with Crippen LogP contribution in [0.2, 0.25) is 0 Å². The largest absolute Gasteiger partial charge is 0.355 e. The highest BCUT2D eigenvalue weighted by atomic mass is 32.2. The fourth-order valence-electron chi connectivity index (χ4n) is 3.70. The maximum atomic E-state index is 13.4. The molecule has 0 spiro atoms. The Labute approximate surface area is 188 Å². The molecule has 0 saturated heterocycles. The lowest BCUT2D eigenvalue weighted by Gasteiger charge is -2.31. The van der Waals surface area contributed by atoms with Crippen LogP contribution in [0.3, 0.4) is 0 Å². The number of aryl methyl sites for hydroxylation is 1. The second kappa shape index (κ2) is 9.52. The predicted molar refractivity (Wildman–Crippen MR) is 119 cm³/mol. The maximum absolute atomic E-state index is 13.4. The van der Waals surface area contributed by atoms with Gasteiger partial charge >= 0.3 is 0 Å². The van der Waals surface area contributed by atoms with E-state index in [1.54, 1.807) is 19.9 Å². The number of carbonyl (C=O) groups is 3. The van der Waals surface area contributed by atoms with Crippen LogP contribution in [0.4, 0.5) is 0 Å². The Morgan fingerprint density at radius 2 is 1.72 bits per heavy atom. The number of benzene rings is 2. The van der Waals surface area contributed by atoms with Crippen LogP contribution in [0.1, 0.15) is 41.8 Å². The van der Waals surface area contributed by atoms with E-state index in [1.807, 2.05) is 31.2 Å². The standard InChI is InChI=1S/C23H27N3O5S/c1-4-19(22(28)24-5-2)25(14-17-12-10-16(3)11-13-17)21(27)15-26-23(29)18-8-6-7-9-20(18)32(26,30)31/h6-13,19H,4-5,14-15H2,1-3H3,(H,24,28)/t19-/m1/s1. The van der Waals surface area contributed by atoms with Crippen molar-refractivity contribution in [3.8, 4) is 0 Å². The molecule has 1 heterocycles. The summed E-state index contributed by atoms with van der Waals surface area (Å²) in [5, 5.41) is 2.73. The summed E-state index contributed by atoms with van der Waals surface area (Å²) < 4.78 is 26.3. The molecule has 1 N–H and O–H groups in total. The predicted octanol–water partition coefficient (Wildman–Crippen LogP) is 2.08. The fourth-order valence-corrected chi connectivity index (χ4v) is 5.22. The SMILES string of the molecule is CCNC(=O)[C@@H](CC)N(Cc1ccc(C)cc1)C(=O)CN1C(=O)c2ccccc2S1(=O)=O. The summed E-state index contributed by atoms with van der Waals surface area (Å²) in [6.07, 6.45) is 0.338. The van der Waals surface area contributed by atoms with E-state index in [0.29, 0.717) is 17.3 Å². The third-order valence-corrected chi connectivity index (χ3v) is 7.19. The molecule has 2 aromatic rings. The Morgan fingerprint density at radius 3 is 2.31 bits per heavy atom. The molecule has 0 radical (unpaired) electrons. The lowest BCUT2D eigenvalue weighted by Crippen LogP contribution is -2.52. The normalized spacial score (nSPS) is 15.2. The molecule has 0 saturated carbocycles. The minimum Gasteiger partial charge on any atom is -0.355 e. The van der Waals surface area contributed by atoms with Gasteiger partial charge in [0.2, 0.25) is 11.8 Å². The first-order valence-electron chi connectivity index (χ1n) is 10.5. The van der Waals surface area contributed by atoms with E-state index in [0.717, 1.165) is 11.1 Å². The molecular formula is C23H27N3O5S. The molecule has 0 bridgehead atoms. The minimum atomic E-state index is -4.13. The van der Waals surface area contributed by atoms with E-state index in [2.05, 4.69) is 5.32 Å². The van der Waals surface area contributed by atoms with Gasteiger partial charge in [0, 0.05) is 13.1 Å². The number of hydrogen-bond acceptors (Lipinski definition) is 5. The summed E-state index contributed by atoms with van der Waals surface area (Å²) in [4.78, 5) is 40.0. The summed E-state index contributed by atoms with van der Waals surface area (Å²) in [6.45, 7) is 5.35. The molecule has 170 valence electrons. The van der Waals surface area contributed by atoms with Crippen LogP contribution in [0.5, 0.6) is 0 Å². The van der Waals surface area contributed by atoms with Gasteiger partial charge in [-0.2, -0.15) is 0 Å². The third kappa shape index (κ3) is 4.52. The van der Waals surface area contributed by atoms with Gasteiger partial charge in [-0.05, 0) is 38.0 Å². The maximum Gasteiger partial charge on any atom is 0.269 e. The van der Waals surface area contributed by atoms with Gasteiger partial charge < -0.3 is 10.2 Å². The van der Waals surface area contributed by atoms with Crippen molar-refractivity contribution < 1.29 is 22.8 Å². The van der Waals surface area contributed by atoms with Crippen molar-refractivity contribution >= 4 is 27.7 Å². The van der Waals surface area contributed by atoms with Crippen molar-refractivity contribution in [1.29, 1.82) is 0 Å². The van der Waals surface area contributed by atoms with Crippen LogP contribution in [-0.2, 0) is 26.2 Å². The molecule has 3 amide bonds. The highest BCUT2D eigenvalue weighted by Crippen LogP contribution is 2.30. The minimum absolute atomic E-state index is 0.0427. The van der Waals surface area contributed by atoms with Gasteiger partial charge in [0.1, 0.15) is 17.5 Å². The average Bonchev–Trinajstić information content (AvgIpc) is 2.96. The van der Waals surface area contributed by atoms with Gasteiger partial charge in [-0.25, -0.2) is 12.7 Å². The van der Waals surface area contributed by atoms with Gasteiger partial charge in [-0.3, -0.25) is 14.4 Å². The number of amides is 3. The summed E-state index contributed by atoms with van der Waals surface area (Å²) in [5.74, 6) is -1.68. The zero-order valence-electron chi connectivity index (χ0n) is 18.4. The Bertz CT molecular complexity index is 1130. The average molecular weight is 458 g/mol. The molecular weight excluding hydrogens is 430 g/mol.